The van der Waals surface area contributed by atoms with Crippen molar-refractivity contribution in [3.63, 3.8) is 0 Å². The van der Waals surface area contributed by atoms with Crippen LogP contribution in [0.3, 0.4) is 0 Å². The molecule has 0 spiro atoms. The van der Waals surface area contributed by atoms with Crippen molar-refractivity contribution >= 4 is 34.8 Å². The summed E-state index contributed by atoms with van der Waals surface area (Å²) in [6.07, 6.45) is 3.85. The molecule has 0 atom stereocenters. The highest BCUT2D eigenvalue weighted by molar-refractivity contribution is 6.66. The molecule has 1 aromatic heterocycles. The SMILES string of the molecule is CCCCc1nnn(CCC)c1C(Cl)(Cl)Cl. The molecule has 0 fully saturated rings. The van der Waals surface area contributed by atoms with Gasteiger partial charge < -0.3 is 0 Å². The second kappa shape index (κ2) is 6.08. The summed E-state index contributed by atoms with van der Waals surface area (Å²) in [6, 6.07) is 0. The van der Waals surface area contributed by atoms with Crippen LogP contribution in [0.2, 0.25) is 0 Å². The van der Waals surface area contributed by atoms with E-state index >= 15 is 0 Å². The predicted octanol–water partition coefficient (Wildman–Crippen LogP) is 3.86. The van der Waals surface area contributed by atoms with Crippen LogP contribution in [0, 0.1) is 0 Å². The number of halogens is 3. The van der Waals surface area contributed by atoms with Crippen LogP contribution in [0.5, 0.6) is 0 Å². The lowest BCUT2D eigenvalue weighted by atomic mass is 10.2. The standard InChI is InChI=1S/C10H16Cl3N3/c1-3-5-6-8-9(10(11,12)13)16(7-4-2)15-14-8/h3-7H2,1-2H3. The molecule has 0 aromatic carbocycles. The first-order valence-corrected chi connectivity index (χ1v) is 6.63. The first-order valence-electron chi connectivity index (χ1n) is 5.50. The summed E-state index contributed by atoms with van der Waals surface area (Å²) in [5.74, 6) is 0. The van der Waals surface area contributed by atoms with E-state index in [9.17, 15) is 0 Å². The number of hydrogen-bond acceptors (Lipinski definition) is 2. The molecule has 0 aliphatic heterocycles. The van der Waals surface area contributed by atoms with Gasteiger partial charge in [0, 0.05) is 6.54 Å². The van der Waals surface area contributed by atoms with Crippen LogP contribution in [0.15, 0.2) is 0 Å². The summed E-state index contributed by atoms with van der Waals surface area (Å²) < 4.78 is 0.250. The quantitative estimate of drug-likeness (QED) is 0.769. The van der Waals surface area contributed by atoms with Gasteiger partial charge in [-0.25, -0.2) is 4.68 Å². The molecule has 0 N–H and O–H groups in total. The van der Waals surface area contributed by atoms with Gasteiger partial charge in [-0.1, -0.05) is 60.3 Å². The summed E-state index contributed by atoms with van der Waals surface area (Å²) in [7, 11) is 0. The minimum atomic E-state index is -1.44. The molecule has 0 radical (unpaired) electrons. The lowest BCUT2D eigenvalue weighted by Gasteiger charge is -2.14. The third-order valence-corrected chi connectivity index (χ3v) is 2.81. The second-order valence-corrected chi connectivity index (χ2v) is 5.99. The number of alkyl halides is 3. The van der Waals surface area contributed by atoms with Crippen LogP contribution in [0.1, 0.15) is 44.5 Å². The van der Waals surface area contributed by atoms with E-state index in [0.29, 0.717) is 5.69 Å². The van der Waals surface area contributed by atoms with E-state index in [2.05, 4.69) is 24.2 Å². The first kappa shape index (κ1) is 14.1. The molecule has 1 aromatic rings. The number of unbranched alkanes of at least 4 members (excludes halogenated alkanes) is 1. The molecule has 0 aliphatic carbocycles. The normalized spacial score (nSPS) is 12.1. The van der Waals surface area contributed by atoms with Crippen molar-refractivity contribution < 1.29 is 0 Å². The van der Waals surface area contributed by atoms with Gasteiger partial charge in [0.15, 0.2) is 0 Å². The molecule has 0 bridgehead atoms. The fourth-order valence-electron chi connectivity index (χ4n) is 1.54. The summed E-state index contributed by atoms with van der Waals surface area (Å²) in [4.78, 5) is 0. The Bertz CT molecular complexity index is 331. The highest BCUT2D eigenvalue weighted by Gasteiger charge is 2.31. The van der Waals surface area contributed by atoms with Crippen LogP contribution in [0.4, 0.5) is 0 Å². The van der Waals surface area contributed by atoms with E-state index in [1.54, 1.807) is 4.68 Å². The topological polar surface area (TPSA) is 30.7 Å². The molecule has 16 heavy (non-hydrogen) atoms. The Balaban J connectivity index is 2.99. The van der Waals surface area contributed by atoms with Crippen LogP contribution in [-0.4, -0.2) is 15.0 Å². The van der Waals surface area contributed by atoms with Crippen LogP contribution in [0.25, 0.3) is 0 Å². The lowest BCUT2D eigenvalue weighted by molar-refractivity contribution is 0.558. The van der Waals surface area contributed by atoms with Gasteiger partial charge in [0.05, 0.1) is 5.69 Å². The van der Waals surface area contributed by atoms with Gasteiger partial charge in [0.2, 0.25) is 3.79 Å². The second-order valence-electron chi connectivity index (χ2n) is 3.71. The molecule has 0 unspecified atom stereocenters. The minimum Gasteiger partial charge on any atom is -0.245 e. The van der Waals surface area contributed by atoms with Gasteiger partial charge in [-0.05, 0) is 19.3 Å². The largest absolute Gasteiger partial charge is 0.245 e. The van der Waals surface area contributed by atoms with E-state index in [1.165, 1.54) is 0 Å². The van der Waals surface area contributed by atoms with Crippen molar-refractivity contribution in [3.8, 4) is 0 Å². The van der Waals surface area contributed by atoms with E-state index in [0.717, 1.165) is 37.9 Å². The minimum absolute atomic E-state index is 0.618. The van der Waals surface area contributed by atoms with Crippen molar-refractivity contribution in [2.75, 3.05) is 0 Å². The number of rotatable bonds is 5. The average Bonchev–Trinajstić information content (AvgIpc) is 2.58. The fraction of sp³-hybridized carbons (Fsp3) is 0.800. The maximum Gasteiger partial charge on any atom is 0.234 e. The number of hydrogen-bond donors (Lipinski definition) is 0. The summed E-state index contributed by atoms with van der Waals surface area (Å²) in [5.41, 5.74) is 1.42. The zero-order valence-electron chi connectivity index (χ0n) is 9.51. The zero-order chi connectivity index (χ0) is 12.2. The predicted molar refractivity (Wildman–Crippen MR) is 68.2 cm³/mol. The Morgan fingerprint density at radius 2 is 1.88 bits per heavy atom. The van der Waals surface area contributed by atoms with Crippen LogP contribution in [-0.2, 0) is 16.8 Å². The van der Waals surface area contributed by atoms with Gasteiger partial charge in [-0.2, -0.15) is 0 Å². The summed E-state index contributed by atoms with van der Waals surface area (Å²) in [5, 5.41) is 8.14. The number of aromatic nitrogens is 3. The molecular weight excluding hydrogens is 268 g/mol. The van der Waals surface area contributed by atoms with Crippen molar-refractivity contribution in [1.29, 1.82) is 0 Å². The van der Waals surface area contributed by atoms with Gasteiger partial charge in [0.1, 0.15) is 5.69 Å². The number of nitrogens with zero attached hydrogens (tertiary/aromatic N) is 3. The van der Waals surface area contributed by atoms with Gasteiger partial charge in [0.25, 0.3) is 0 Å². The van der Waals surface area contributed by atoms with Crippen LogP contribution >= 0.6 is 34.8 Å². The molecule has 0 saturated carbocycles. The van der Waals surface area contributed by atoms with Crippen molar-refractivity contribution in [3.05, 3.63) is 11.4 Å². The van der Waals surface area contributed by atoms with Gasteiger partial charge in [-0.15, -0.1) is 5.10 Å². The molecule has 0 saturated heterocycles. The van der Waals surface area contributed by atoms with Crippen molar-refractivity contribution in [2.24, 2.45) is 0 Å². The number of aryl methyl sites for hydroxylation is 2. The zero-order valence-corrected chi connectivity index (χ0v) is 11.8. The van der Waals surface area contributed by atoms with E-state index < -0.39 is 3.79 Å². The van der Waals surface area contributed by atoms with E-state index in [-0.39, 0.29) is 0 Å². The summed E-state index contributed by atoms with van der Waals surface area (Å²) in [6.45, 7) is 4.89. The molecule has 1 rings (SSSR count). The third kappa shape index (κ3) is 3.51. The van der Waals surface area contributed by atoms with Crippen molar-refractivity contribution in [1.82, 2.24) is 15.0 Å². The Labute approximate surface area is 111 Å². The lowest BCUT2D eigenvalue weighted by Crippen LogP contribution is -2.14. The Hall–Kier alpha value is 0.01000. The third-order valence-electron chi connectivity index (χ3n) is 2.28. The maximum absolute atomic E-state index is 5.95. The van der Waals surface area contributed by atoms with E-state index in [1.807, 2.05) is 0 Å². The molecule has 3 nitrogen and oxygen atoms in total. The fourth-order valence-corrected chi connectivity index (χ4v) is 2.16. The van der Waals surface area contributed by atoms with Gasteiger partial charge >= 0.3 is 0 Å². The summed E-state index contributed by atoms with van der Waals surface area (Å²) >= 11 is 17.9. The maximum atomic E-state index is 5.95. The molecule has 92 valence electrons. The highest BCUT2D eigenvalue weighted by atomic mass is 35.6. The average molecular weight is 285 g/mol. The Morgan fingerprint density at radius 1 is 1.19 bits per heavy atom. The molecular formula is C10H16Cl3N3. The first-order chi connectivity index (χ1) is 7.50. The smallest absolute Gasteiger partial charge is 0.234 e. The monoisotopic (exact) mass is 283 g/mol. The molecule has 0 amide bonds. The molecule has 1 heterocycles. The molecule has 0 aliphatic rings. The Kier molecular flexibility index (Phi) is 5.35. The Morgan fingerprint density at radius 3 is 2.38 bits per heavy atom. The molecule has 6 heteroatoms. The highest BCUT2D eigenvalue weighted by Crippen LogP contribution is 2.39. The van der Waals surface area contributed by atoms with Crippen molar-refractivity contribution in [2.45, 2.75) is 49.9 Å². The van der Waals surface area contributed by atoms with Crippen LogP contribution < -0.4 is 0 Å². The van der Waals surface area contributed by atoms with E-state index in [4.69, 9.17) is 34.8 Å². The van der Waals surface area contributed by atoms with Gasteiger partial charge in [-0.3, -0.25) is 0 Å².